The number of nitrogens with two attached hydrogens (primary N) is 1. The van der Waals surface area contributed by atoms with E-state index in [0.717, 1.165) is 28.5 Å². The maximum absolute atomic E-state index is 11.4. The molecule has 0 aliphatic rings. The first-order valence-electron chi connectivity index (χ1n) is 6.52. The van der Waals surface area contributed by atoms with Gasteiger partial charge in [-0.05, 0) is 30.3 Å². The molecule has 0 fully saturated rings. The standard InChI is InChI=1S/C17H14N2O2/c1-21-12-8-6-11(7-9-12)17-14(10-20)16(18)13-4-2-3-5-15(13)19-17/h2-10H,1H3,(H2,18,19). The Morgan fingerprint density at radius 2 is 1.81 bits per heavy atom. The zero-order valence-electron chi connectivity index (χ0n) is 11.5. The van der Waals surface area contributed by atoms with Gasteiger partial charge in [-0.25, -0.2) is 4.98 Å². The van der Waals surface area contributed by atoms with Crippen LogP contribution in [0.4, 0.5) is 5.69 Å². The molecule has 2 N–H and O–H groups in total. The number of anilines is 1. The molecule has 0 bridgehead atoms. The van der Waals surface area contributed by atoms with Crippen LogP contribution in [-0.4, -0.2) is 18.4 Å². The van der Waals surface area contributed by atoms with E-state index in [1.165, 1.54) is 0 Å². The minimum atomic E-state index is 0.416. The van der Waals surface area contributed by atoms with Crippen molar-refractivity contribution in [2.24, 2.45) is 0 Å². The molecule has 1 aromatic heterocycles. The summed E-state index contributed by atoms with van der Waals surface area (Å²) in [7, 11) is 1.61. The van der Waals surface area contributed by atoms with Gasteiger partial charge in [-0.3, -0.25) is 4.79 Å². The maximum atomic E-state index is 11.4. The van der Waals surface area contributed by atoms with E-state index in [0.29, 0.717) is 16.9 Å². The van der Waals surface area contributed by atoms with Crippen LogP contribution in [0.25, 0.3) is 22.2 Å². The Morgan fingerprint density at radius 1 is 1.10 bits per heavy atom. The molecule has 0 spiro atoms. The van der Waals surface area contributed by atoms with Gasteiger partial charge in [0.05, 0.1) is 29.6 Å². The van der Waals surface area contributed by atoms with E-state index in [1.54, 1.807) is 7.11 Å². The van der Waals surface area contributed by atoms with Crippen LogP contribution < -0.4 is 10.5 Å². The summed E-state index contributed by atoms with van der Waals surface area (Å²) in [5.74, 6) is 0.750. The zero-order chi connectivity index (χ0) is 14.8. The van der Waals surface area contributed by atoms with E-state index < -0.39 is 0 Å². The highest BCUT2D eigenvalue weighted by atomic mass is 16.5. The van der Waals surface area contributed by atoms with Crippen LogP contribution in [0.15, 0.2) is 48.5 Å². The number of aldehydes is 1. The van der Waals surface area contributed by atoms with Crippen LogP contribution >= 0.6 is 0 Å². The van der Waals surface area contributed by atoms with Crippen LogP contribution in [-0.2, 0) is 0 Å². The summed E-state index contributed by atoms with van der Waals surface area (Å²) in [6, 6.07) is 14.9. The Morgan fingerprint density at radius 3 is 2.48 bits per heavy atom. The van der Waals surface area contributed by atoms with Crippen LogP contribution in [0.5, 0.6) is 5.75 Å². The molecule has 0 amide bonds. The van der Waals surface area contributed by atoms with Crippen molar-refractivity contribution in [1.29, 1.82) is 0 Å². The van der Waals surface area contributed by atoms with E-state index in [4.69, 9.17) is 10.5 Å². The summed E-state index contributed by atoms with van der Waals surface area (Å²) in [5.41, 5.74) is 9.19. The summed E-state index contributed by atoms with van der Waals surface area (Å²) in [6.45, 7) is 0. The van der Waals surface area contributed by atoms with Gasteiger partial charge < -0.3 is 10.5 Å². The quantitative estimate of drug-likeness (QED) is 0.746. The number of pyridine rings is 1. The first-order valence-corrected chi connectivity index (χ1v) is 6.52. The second kappa shape index (κ2) is 5.25. The van der Waals surface area contributed by atoms with Gasteiger partial charge in [0.2, 0.25) is 0 Å². The molecule has 0 aliphatic heterocycles. The third kappa shape index (κ3) is 2.21. The number of carbonyl (C=O) groups is 1. The number of hydrogen-bond donors (Lipinski definition) is 1. The number of fused-ring (bicyclic) bond motifs is 1. The molecule has 0 saturated heterocycles. The van der Waals surface area contributed by atoms with E-state index in [2.05, 4.69) is 4.98 Å². The van der Waals surface area contributed by atoms with Gasteiger partial charge in [0, 0.05) is 10.9 Å². The molecule has 0 saturated carbocycles. The van der Waals surface area contributed by atoms with Crippen molar-refractivity contribution in [3.8, 4) is 17.0 Å². The highest BCUT2D eigenvalue weighted by molar-refractivity contribution is 6.04. The Labute approximate surface area is 122 Å². The summed E-state index contributed by atoms with van der Waals surface area (Å²) >= 11 is 0. The lowest BCUT2D eigenvalue weighted by Gasteiger charge is -2.11. The average molecular weight is 278 g/mol. The second-order valence-corrected chi connectivity index (χ2v) is 4.65. The Bertz CT molecular complexity index is 811. The normalized spacial score (nSPS) is 10.5. The lowest BCUT2D eigenvalue weighted by atomic mass is 10.0. The fourth-order valence-electron chi connectivity index (χ4n) is 2.34. The van der Waals surface area contributed by atoms with Gasteiger partial charge >= 0.3 is 0 Å². The monoisotopic (exact) mass is 278 g/mol. The first-order chi connectivity index (χ1) is 10.2. The summed E-state index contributed by atoms with van der Waals surface area (Å²) in [5, 5.41) is 0.789. The van der Waals surface area contributed by atoms with Gasteiger partial charge in [-0.1, -0.05) is 18.2 Å². The summed E-state index contributed by atoms with van der Waals surface area (Å²) < 4.78 is 5.14. The number of benzene rings is 2. The molecule has 1 heterocycles. The summed E-state index contributed by atoms with van der Waals surface area (Å²) in [6.07, 6.45) is 0.758. The first kappa shape index (κ1) is 13.1. The number of hydrogen-bond acceptors (Lipinski definition) is 4. The third-order valence-electron chi connectivity index (χ3n) is 3.45. The van der Waals surface area contributed by atoms with Crippen LogP contribution in [0.2, 0.25) is 0 Å². The van der Waals surface area contributed by atoms with E-state index in [1.807, 2.05) is 48.5 Å². The van der Waals surface area contributed by atoms with Gasteiger partial charge in [0.1, 0.15) is 5.75 Å². The minimum Gasteiger partial charge on any atom is -0.497 e. The molecule has 4 nitrogen and oxygen atoms in total. The van der Waals surface area contributed by atoms with Crippen molar-refractivity contribution < 1.29 is 9.53 Å². The number of para-hydroxylation sites is 1. The lowest BCUT2D eigenvalue weighted by molar-refractivity contribution is 0.112. The largest absolute Gasteiger partial charge is 0.497 e. The molecule has 0 aliphatic carbocycles. The maximum Gasteiger partial charge on any atom is 0.154 e. The number of aromatic nitrogens is 1. The smallest absolute Gasteiger partial charge is 0.154 e. The number of ether oxygens (including phenoxy) is 1. The average Bonchev–Trinajstić information content (AvgIpc) is 2.55. The fraction of sp³-hybridized carbons (Fsp3) is 0.0588. The highest BCUT2D eigenvalue weighted by Gasteiger charge is 2.13. The molecule has 3 rings (SSSR count). The van der Waals surface area contributed by atoms with Gasteiger partial charge in [0.15, 0.2) is 6.29 Å². The van der Waals surface area contributed by atoms with Crippen molar-refractivity contribution in [2.45, 2.75) is 0 Å². The van der Waals surface area contributed by atoms with Crippen molar-refractivity contribution in [3.05, 3.63) is 54.1 Å². The molecule has 0 unspecified atom stereocenters. The number of rotatable bonds is 3. The lowest BCUT2D eigenvalue weighted by Crippen LogP contribution is -2.00. The number of carbonyl (C=O) groups excluding carboxylic acids is 1. The Hall–Kier alpha value is -2.88. The molecular formula is C17H14N2O2. The van der Waals surface area contributed by atoms with E-state index >= 15 is 0 Å². The molecule has 0 radical (unpaired) electrons. The van der Waals surface area contributed by atoms with Crippen molar-refractivity contribution in [1.82, 2.24) is 4.98 Å². The topological polar surface area (TPSA) is 65.2 Å². The predicted octanol–water partition coefficient (Wildman–Crippen LogP) is 3.31. The molecule has 104 valence electrons. The van der Waals surface area contributed by atoms with Gasteiger partial charge in [-0.15, -0.1) is 0 Å². The number of methoxy groups -OCH3 is 1. The Balaban J connectivity index is 2.27. The molecular weight excluding hydrogens is 264 g/mol. The van der Waals surface area contributed by atoms with E-state index in [9.17, 15) is 4.79 Å². The zero-order valence-corrected chi connectivity index (χ0v) is 11.5. The Kier molecular flexibility index (Phi) is 3.28. The van der Waals surface area contributed by atoms with Crippen LogP contribution in [0.3, 0.4) is 0 Å². The fourth-order valence-corrected chi connectivity index (χ4v) is 2.34. The molecule has 2 aromatic carbocycles. The second-order valence-electron chi connectivity index (χ2n) is 4.65. The third-order valence-corrected chi connectivity index (χ3v) is 3.45. The number of nitrogen functional groups attached to an aromatic ring is 1. The van der Waals surface area contributed by atoms with Crippen LogP contribution in [0.1, 0.15) is 10.4 Å². The van der Waals surface area contributed by atoms with Crippen molar-refractivity contribution in [3.63, 3.8) is 0 Å². The van der Waals surface area contributed by atoms with Crippen molar-refractivity contribution in [2.75, 3.05) is 12.8 Å². The highest BCUT2D eigenvalue weighted by Crippen LogP contribution is 2.31. The molecule has 0 atom stereocenters. The van der Waals surface area contributed by atoms with Gasteiger partial charge in [-0.2, -0.15) is 0 Å². The minimum absolute atomic E-state index is 0.416. The number of nitrogens with zero attached hydrogens (tertiary/aromatic N) is 1. The SMILES string of the molecule is COc1ccc(-c2nc3ccccc3c(N)c2C=O)cc1. The van der Waals surface area contributed by atoms with Crippen molar-refractivity contribution >= 4 is 22.9 Å². The predicted molar refractivity (Wildman–Crippen MR) is 83.5 cm³/mol. The summed E-state index contributed by atoms with van der Waals surface area (Å²) in [4.78, 5) is 16.0. The molecule has 4 heteroatoms. The molecule has 3 aromatic rings. The van der Waals surface area contributed by atoms with Crippen LogP contribution in [0, 0.1) is 0 Å². The van der Waals surface area contributed by atoms with Gasteiger partial charge in [0.25, 0.3) is 0 Å². The van der Waals surface area contributed by atoms with E-state index in [-0.39, 0.29) is 0 Å². The molecule has 21 heavy (non-hydrogen) atoms.